The van der Waals surface area contributed by atoms with Gasteiger partial charge in [0.2, 0.25) is 0 Å². The van der Waals surface area contributed by atoms with Crippen molar-refractivity contribution < 1.29 is 9.53 Å². The number of rotatable bonds is 2. The third kappa shape index (κ3) is 2.17. The van der Waals surface area contributed by atoms with E-state index in [1.807, 2.05) is 35.7 Å². The van der Waals surface area contributed by atoms with Crippen LogP contribution in [0, 0.1) is 0 Å². The predicted molar refractivity (Wildman–Crippen MR) is 56.0 cm³/mol. The maximum atomic E-state index is 11.1. The zero-order valence-corrected chi connectivity index (χ0v) is 8.42. The van der Waals surface area contributed by atoms with Crippen LogP contribution in [0.15, 0.2) is 46.2 Å². The molecule has 2 rings (SSSR count). The average Bonchev–Trinajstić information content (AvgIpc) is 2.63. The first-order chi connectivity index (χ1) is 6.86. The van der Waals surface area contributed by atoms with Crippen molar-refractivity contribution in [1.29, 1.82) is 0 Å². The number of carbonyl (C=O) groups is 1. The van der Waals surface area contributed by atoms with Crippen molar-refractivity contribution in [2.45, 2.75) is 11.3 Å². The van der Waals surface area contributed by atoms with Crippen molar-refractivity contribution in [1.82, 2.24) is 0 Å². The van der Waals surface area contributed by atoms with Gasteiger partial charge in [0.1, 0.15) is 0 Å². The van der Waals surface area contributed by atoms with Gasteiger partial charge in [0.15, 0.2) is 0 Å². The summed E-state index contributed by atoms with van der Waals surface area (Å²) in [6.07, 6.45) is 0.735. The highest BCUT2D eigenvalue weighted by Gasteiger charge is 2.17. The Labute approximate surface area is 87.0 Å². The van der Waals surface area contributed by atoms with E-state index in [9.17, 15) is 4.79 Å². The van der Waals surface area contributed by atoms with Crippen LogP contribution in [0.4, 0.5) is 0 Å². The Kier molecular flexibility index (Phi) is 2.89. The fourth-order valence-corrected chi connectivity index (χ4v) is 2.00. The highest BCUT2D eigenvalue weighted by atomic mass is 32.2. The number of hydrogen-bond donors (Lipinski definition) is 0. The van der Waals surface area contributed by atoms with Gasteiger partial charge in [0, 0.05) is 16.9 Å². The smallest absolute Gasteiger partial charge is 0.334 e. The van der Waals surface area contributed by atoms with Gasteiger partial charge in [-0.25, -0.2) is 4.79 Å². The minimum Gasteiger partial charge on any atom is -0.462 e. The number of cyclic esters (lactones) is 1. The lowest BCUT2D eigenvalue weighted by Crippen LogP contribution is -1.93. The van der Waals surface area contributed by atoms with Crippen LogP contribution in [0.5, 0.6) is 0 Å². The molecule has 1 aromatic rings. The predicted octanol–water partition coefficient (Wildman–Crippen LogP) is 2.61. The fraction of sp³-hybridized carbons (Fsp3) is 0.182. The van der Waals surface area contributed by atoms with Gasteiger partial charge >= 0.3 is 5.97 Å². The molecule has 1 aromatic carbocycles. The summed E-state index contributed by atoms with van der Waals surface area (Å²) in [4.78, 5) is 12.2. The van der Waals surface area contributed by atoms with Crippen LogP contribution >= 0.6 is 11.8 Å². The molecule has 1 aliphatic heterocycles. The van der Waals surface area contributed by atoms with E-state index in [1.54, 1.807) is 11.8 Å². The lowest BCUT2D eigenvalue weighted by molar-refractivity contribution is -0.135. The van der Waals surface area contributed by atoms with Gasteiger partial charge in [-0.05, 0) is 17.5 Å². The monoisotopic (exact) mass is 206 g/mol. The maximum absolute atomic E-state index is 11.1. The summed E-state index contributed by atoms with van der Waals surface area (Å²) in [5.74, 6) is -0.173. The molecule has 2 nitrogen and oxygen atoms in total. The van der Waals surface area contributed by atoms with E-state index < -0.39 is 0 Å². The second kappa shape index (κ2) is 4.33. The zero-order chi connectivity index (χ0) is 9.80. The van der Waals surface area contributed by atoms with Crippen LogP contribution in [-0.2, 0) is 9.53 Å². The van der Waals surface area contributed by atoms with Crippen LogP contribution in [0.3, 0.4) is 0 Å². The third-order valence-corrected chi connectivity index (χ3v) is 2.89. The molecule has 0 aliphatic carbocycles. The average molecular weight is 206 g/mol. The molecule has 72 valence electrons. The second-order valence-electron chi connectivity index (χ2n) is 2.96. The quantitative estimate of drug-likeness (QED) is 0.422. The van der Waals surface area contributed by atoms with Crippen LogP contribution in [-0.4, -0.2) is 12.6 Å². The molecule has 0 unspecified atom stereocenters. The molecule has 0 bridgehead atoms. The first-order valence-corrected chi connectivity index (χ1v) is 5.32. The van der Waals surface area contributed by atoms with Crippen molar-refractivity contribution in [2.24, 2.45) is 0 Å². The summed E-state index contributed by atoms with van der Waals surface area (Å²) in [7, 11) is 0. The third-order valence-electron chi connectivity index (χ3n) is 1.95. The molecular formula is C11H10O2S. The summed E-state index contributed by atoms with van der Waals surface area (Å²) >= 11 is 1.56. The molecule has 0 radical (unpaired) electrons. The molecule has 0 N–H and O–H groups in total. The highest BCUT2D eigenvalue weighted by Crippen LogP contribution is 2.23. The molecule has 0 amide bonds. The molecule has 1 heterocycles. The number of carbonyl (C=O) groups excluding carboxylic acids is 1. The summed E-state index contributed by atoms with van der Waals surface area (Å²) in [6, 6.07) is 9.96. The van der Waals surface area contributed by atoms with Crippen molar-refractivity contribution in [2.75, 3.05) is 6.61 Å². The Morgan fingerprint density at radius 1 is 1.29 bits per heavy atom. The number of ether oxygens (including phenoxy) is 1. The zero-order valence-electron chi connectivity index (χ0n) is 7.60. The van der Waals surface area contributed by atoms with E-state index >= 15 is 0 Å². The van der Waals surface area contributed by atoms with Crippen molar-refractivity contribution >= 4 is 17.7 Å². The second-order valence-corrected chi connectivity index (χ2v) is 3.90. The molecular weight excluding hydrogens is 196 g/mol. The Morgan fingerprint density at radius 3 is 2.71 bits per heavy atom. The van der Waals surface area contributed by atoms with E-state index in [0.29, 0.717) is 6.61 Å². The van der Waals surface area contributed by atoms with Crippen LogP contribution in [0.25, 0.3) is 0 Å². The first-order valence-electron chi connectivity index (χ1n) is 4.44. The maximum Gasteiger partial charge on any atom is 0.334 e. The highest BCUT2D eigenvalue weighted by molar-refractivity contribution is 8.02. The Hall–Kier alpha value is -1.22. The molecule has 3 heteroatoms. The molecule has 0 saturated carbocycles. The Balaban J connectivity index is 2.03. The first kappa shape index (κ1) is 9.34. The van der Waals surface area contributed by atoms with Gasteiger partial charge in [-0.1, -0.05) is 30.0 Å². The number of thioether (sulfide) groups is 1. The fourth-order valence-electron chi connectivity index (χ4n) is 1.19. The SMILES string of the molecule is O=C1OCCC1=CSc1ccccc1. The summed E-state index contributed by atoms with van der Waals surface area (Å²) in [5, 5.41) is 1.88. The Bertz CT molecular complexity index is 357. The van der Waals surface area contributed by atoms with Crippen molar-refractivity contribution in [3.63, 3.8) is 0 Å². The van der Waals surface area contributed by atoms with Gasteiger partial charge in [-0.3, -0.25) is 0 Å². The molecule has 1 aliphatic rings. The van der Waals surface area contributed by atoms with Gasteiger partial charge < -0.3 is 4.74 Å². The summed E-state index contributed by atoms with van der Waals surface area (Å²) < 4.78 is 4.83. The molecule has 14 heavy (non-hydrogen) atoms. The van der Waals surface area contributed by atoms with E-state index in [1.165, 1.54) is 0 Å². The molecule has 1 saturated heterocycles. The Morgan fingerprint density at radius 2 is 2.07 bits per heavy atom. The minimum atomic E-state index is -0.173. The number of benzene rings is 1. The van der Waals surface area contributed by atoms with Crippen LogP contribution in [0.1, 0.15) is 6.42 Å². The molecule has 1 fully saturated rings. The molecule has 0 aromatic heterocycles. The normalized spacial score (nSPS) is 18.6. The van der Waals surface area contributed by atoms with Crippen molar-refractivity contribution in [3.8, 4) is 0 Å². The lowest BCUT2D eigenvalue weighted by atomic mass is 10.3. The van der Waals surface area contributed by atoms with E-state index in [-0.39, 0.29) is 5.97 Å². The number of hydrogen-bond acceptors (Lipinski definition) is 3. The van der Waals surface area contributed by atoms with Gasteiger partial charge in [0.05, 0.1) is 6.61 Å². The summed E-state index contributed by atoms with van der Waals surface area (Å²) in [5.41, 5.74) is 0.777. The van der Waals surface area contributed by atoms with Crippen LogP contribution < -0.4 is 0 Å². The van der Waals surface area contributed by atoms with Crippen LogP contribution in [0.2, 0.25) is 0 Å². The van der Waals surface area contributed by atoms with E-state index in [4.69, 9.17) is 4.74 Å². The molecule has 0 spiro atoms. The molecule has 0 atom stereocenters. The largest absolute Gasteiger partial charge is 0.462 e. The van der Waals surface area contributed by atoms with Gasteiger partial charge in [-0.15, -0.1) is 0 Å². The van der Waals surface area contributed by atoms with Crippen molar-refractivity contribution in [3.05, 3.63) is 41.3 Å². The topological polar surface area (TPSA) is 26.3 Å². The lowest BCUT2D eigenvalue weighted by Gasteiger charge is -1.95. The minimum absolute atomic E-state index is 0.173. The van der Waals surface area contributed by atoms with Gasteiger partial charge in [-0.2, -0.15) is 0 Å². The van der Waals surface area contributed by atoms with E-state index in [2.05, 4.69) is 0 Å². The standard InChI is InChI=1S/C11H10O2S/c12-11-9(6-7-13-11)8-14-10-4-2-1-3-5-10/h1-5,8H,6-7H2. The summed E-state index contributed by atoms with van der Waals surface area (Å²) in [6.45, 7) is 0.528. The number of esters is 1. The van der Waals surface area contributed by atoms with Gasteiger partial charge in [0.25, 0.3) is 0 Å². The van der Waals surface area contributed by atoms with E-state index in [0.717, 1.165) is 16.9 Å².